The lowest BCUT2D eigenvalue weighted by Crippen LogP contribution is -2.33. The van der Waals surface area contributed by atoms with Crippen molar-refractivity contribution < 1.29 is 23.1 Å². The van der Waals surface area contributed by atoms with Crippen LogP contribution in [0.15, 0.2) is 36.7 Å². The SMILES string of the molecule is Nc1nccnc1C(=O)N1CC(O)CC1c1ccccc1C(F)(F)F. The fourth-order valence-corrected chi connectivity index (χ4v) is 3.03. The number of likely N-dealkylation sites (tertiary alicyclic amines) is 1. The second-order valence-corrected chi connectivity index (χ2v) is 5.74. The number of amides is 1. The van der Waals surface area contributed by atoms with E-state index in [1.165, 1.54) is 30.6 Å². The number of carbonyl (C=O) groups is 1. The molecule has 25 heavy (non-hydrogen) atoms. The van der Waals surface area contributed by atoms with Crippen molar-refractivity contribution in [2.45, 2.75) is 24.7 Å². The summed E-state index contributed by atoms with van der Waals surface area (Å²) in [5.41, 5.74) is 4.59. The molecule has 1 fully saturated rings. The summed E-state index contributed by atoms with van der Waals surface area (Å²) >= 11 is 0. The van der Waals surface area contributed by atoms with E-state index in [9.17, 15) is 23.1 Å². The van der Waals surface area contributed by atoms with Gasteiger partial charge in [0.15, 0.2) is 11.5 Å². The monoisotopic (exact) mass is 352 g/mol. The van der Waals surface area contributed by atoms with Crippen LogP contribution >= 0.6 is 0 Å². The summed E-state index contributed by atoms with van der Waals surface area (Å²) in [7, 11) is 0. The van der Waals surface area contributed by atoms with Crippen molar-refractivity contribution >= 4 is 11.7 Å². The molecule has 1 aliphatic rings. The van der Waals surface area contributed by atoms with Gasteiger partial charge in [-0.05, 0) is 18.1 Å². The molecule has 132 valence electrons. The molecule has 2 aromatic rings. The van der Waals surface area contributed by atoms with E-state index < -0.39 is 29.8 Å². The lowest BCUT2D eigenvalue weighted by Gasteiger charge is -2.27. The van der Waals surface area contributed by atoms with Crippen LogP contribution in [-0.4, -0.2) is 38.5 Å². The summed E-state index contributed by atoms with van der Waals surface area (Å²) in [5, 5.41) is 9.95. The summed E-state index contributed by atoms with van der Waals surface area (Å²) in [5.74, 6) is -0.777. The Morgan fingerprint density at radius 3 is 2.60 bits per heavy atom. The molecule has 6 nitrogen and oxygen atoms in total. The minimum absolute atomic E-state index is 0.000992. The van der Waals surface area contributed by atoms with Gasteiger partial charge in [-0.3, -0.25) is 4.79 Å². The Morgan fingerprint density at radius 1 is 1.24 bits per heavy atom. The van der Waals surface area contributed by atoms with Crippen molar-refractivity contribution in [3.05, 3.63) is 53.5 Å². The van der Waals surface area contributed by atoms with E-state index in [1.54, 1.807) is 0 Å². The normalized spacial score (nSPS) is 20.7. The highest BCUT2D eigenvalue weighted by Gasteiger charge is 2.42. The highest BCUT2D eigenvalue weighted by molar-refractivity contribution is 5.96. The number of β-amino-alcohol motifs (C(OH)–C–C–N with tert-alkyl or cyclic N) is 1. The summed E-state index contributed by atoms with van der Waals surface area (Å²) < 4.78 is 39.9. The summed E-state index contributed by atoms with van der Waals surface area (Å²) in [6.45, 7) is -0.105. The van der Waals surface area contributed by atoms with E-state index in [-0.39, 0.29) is 30.0 Å². The van der Waals surface area contributed by atoms with Gasteiger partial charge in [-0.25, -0.2) is 9.97 Å². The third-order valence-electron chi connectivity index (χ3n) is 4.09. The number of anilines is 1. The molecule has 2 heterocycles. The number of nitrogens with two attached hydrogens (primary N) is 1. The van der Waals surface area contributed by atoms with Crippen LogP contribution in [0.1, 0.15) is 34.1 Å². The van der Waals surface area contributed by atoms with Crippen molar-refractivity contribution in [1.29, 1.82) is 0 Å². The fraction of sp³-hybridized carbons (Fsp3) is 0.312. The third kappa shape index (κ3) is 3.27. The first-order chi connectivity index (χ1) is 11.8. The predicted molar refractivity (Wildman–Crippen MR) is 82.3 cm³/mol. The van der Waals surface area contributed by atoms with Gasteiger partial charge >= 0.3 is 6.18 Å². The number of halogens is 3. The summed E-state index contributed by atoms with van der Waals surface area (Å²) in [6, 6.07) is 4.09. The molecule has 9 heteroatoms. The number of hydrogen-bond acceptors (Lipinski definition) is 5. The zero-order valence-electron chi connectivity index (χ0n) is 12.9. The number of alkyl halides is 3. The molecular weight excluding hydrogens is 337 g/mol. The fourth-order valence-electron chi connectivity index (χ4n) is 3.03. The Bertz CT molecular complexity index is 797. The highest BCUT2D eigenvalue weighted by Crippen LogP contribution is 2.40. The minimum Gasteiger partial charge on any atom is -0.391 e. The van der Waals surface area contributed by atoms with Crippen molar-refractivity contribution in [3.63, 3.8) is 0 Å². The Kier molecular flexibility index (Phi) is 4.34. The molecule has 3 N–H and O–H groups in total. The molecule has 0 aliphatic carbocycles. The van der Waals surface area contributed by atoms with Gasteiger partial charge in [0.25, 0.3) is 5.91 Å². The second-order valence-electron chi connectivity index (χ2n) is 5.74. The third-order valence-corrected chi connectivity index (χ3v) is 4.09. The number of aliphatic hydroxyl groups is 1. The molecule has 1 aromatic heterocycles. The number of benzene rings is 1. The zero-order valence-corrected chi connectivity index (χ0v) is 12.9. The van der Waals surface area contributed by atoms with Crippen LogP contribution in [0.25, 0.3) is 0 Å². The van der Waals surface area contributed by atoms with E-state index in [1.807, 2.05) is 0 Å². The Labute approximate surface area is 141 Å². The quantitative estimate of drug-likeness (QED) is 0.863. The number of nitrogen functional groups attached to an aromatic ring is 1. The molecule has 1 amide bonds. The van der Waals surface area contributed by atoms with E-state index in [0.717, 1.165) is 11.0 Å². The number of rotatable bonds is 2. The van der Waals surface area contributed by atoms with Gasteiger partial charge in [0.2, 0.25) is 0 Å². The average Bonchev–Trinajstić information content (AvgIpc) is 2.96. The van der Waals surface area contributed by atoms with Gasteiger partial charge in [-0.2, -0.15) is 13.2 Å². The van der Waals surface area contributed by atoms with Gasteiger partial charge in [-0.1, -0.05) is 18.2 Å². The molecular formula is C16H15F3N4O2. The van der Waals surface area contributed by atoms with E-state index in [4.69, 9.17) is 5.73 Å². The molecule has 2 atom stereocenters. The second kappa shape index (κ2) is 6.32. The molecule has 1 saturated heterocycles. The Morgan fingerprint density at radius 2 is 1.92 bits per heavy atom. The highest BCUT2D eigenvalue weighted by atomic mass is 19.4. The maximum atomic E-state index is 13.3. The topological polar surface area (TPSA) is 92.3 Å². The molecule has 0 spiro atoms. The van der Waals surface area contributed by atoms with Crippen LogP contribution in [0.4, 0.5) is 19.0 Å². The summed E-state index contributed by atoms with van der Waals surface area (Å²) in [4.78, 5) is 21.5. The Balaban J connectivity index is 2.02. The smallest absolute Gasteiger partial charge is 0.391 e. The van der Waals surface area contributed by atoms with Gasteiger partial charge < -0.3 is 15.7 Å². The van der Waals surface area contributed by atoms with Gasteiger partial charge in [-0.15, -0.1) is 0 Å². The number of nitrogens with zero attached hydrogens (tertiary/aromatic N) is 3. The van der Waals surface area contributed by atoms with Gasteiger partial charge in [0.1, 0.15) is 0 Å². The molecule has 1 aromatic carbocycles. The van der Waals surface area contributed by atoms with Gasteiger partial charge in [0, 0.05) is 18.9 Å². The van der Waals surface area contributed by atoms with E-state index in [0.29, 0.717) is 0 Å². The van der Waals surface area contributed by atoms with Crippen molar-refractivity contribution in [2.24, 2.45) is 0 Å². The maximum Gasteiger partial charge on any atom is 0.416 e. The maximum absolute atomic E-state index is 13.3. The van der Waals surface area contributed by atoms with Crippen LogP contribution in [0.5, 0.6) is 0 Å². The standard InChI is InChI=1S/C16H15F3N4O2/c17-16(18,19)11-4-2-1-3-10(11)12-7-9(24)8-23(12)15(25)13-14(20)22-6-5-21-13/h1-6,9,12,24H,7-8H2,(H2,20,22). The van der Waals surface area contributed by atoms with E-state index in [2.05, 4.69) is 9.97 Å². The van der Waals surface area contributed by atoms with Crippen LogP contribution in [0.3, 0.4) is 0 Å². The van der Waals surface area contributed by atoms with Crippen LogP contribution in [0, 0.1) is 0 Å². The van der Waals surface area contributed by atoms with E-state index >= 15 is 0 Å². The number of hydrogen-bond donors (Lipinski definition) is 2. The van der Waals surface area contributed by atoms with Crippen molar-refractivity contribution in [1.82, 2.24) is 14.9 Å². The number of aliphatic hydroxyl groups excluding tert-OH is 1. The first kappa shape index (κ1) is 17.2. The average molecular weight is 352 g/mol. The van der Waals surface area contributed by atoms with Crippen molar-refractivity contribution in [3.8, 4) is 0 Å². The van der Waals surface area contributed by atoms with Crippen LogP contribution in [-0.2, 0) is 6.18 Å². The lowest BCUT2D eigenvalue weighted by atomic mass is 9.97. The lowest BCUT2D eigenvalue weighted by molar-refractivity contribution is -0.138. The van der Waals surface area contributed by atoms with Crippen LogP contribution < -0.4 is 5.73 Å². The zero-order chi connectivity index (χ0) is 18.2. The summed E-state index contributed by atoms with van der Waals surface area (Å²) in [6.07, 6.45) is -2.92. The predicted octanol–water partition coefficient (Wildman–Crippen LogP) is 2.03. The molecule has 0 saturated carbocycles. The minimum atomic E-state index is -4.57. The first-order valence-electron chi connectivity index (χ1n) is 7.50. The molecule has 0 bridgehead atoms. The first-order valence-corrected chi connectivity index (χ1v) is 7.50. The largest absolute Gasteiger partial charge is 0.416 e. The molecule has 2 unspecified atom stereocenters. The molecule has 3 rings (SSSR count). The molecule has 0 radical (unpaired) electrons. The number of carbonyl (C=O) groups excluding carboxylic acids is 1. The van der Waals surface area contributed by atoms with Gasteiger partial charge in [0.05, 0.1) is 17.7 Å². The van der Waals surface area contributed by atoms with Crippen molar-refractivity contribution in [2.75, 3.05) is 12.3 Å². The molecule has 1 aliphatic heterocycles. The number of aromatic nitrogens is 2. The van der Waals surface area contributed by atoms with Crippen LogP contribution in [0.2, 0.25) is 0 Å². The Hall–Kier alpha value is -2.68.